The topological polar surface area (TPSA) is 18.5 Å². The van der Waals surface area contributed by atoms with Crippen LogP contribution in [0.5, 0.6) is 0 Å². The highest BCUT2D eigenvalue weighted by molar-refractivity contribution is 4.92. The van der Waals surface area contributed by atoms with Crippen LogP contribution in [-0.4, -0.2) is 25.4 Å². The Morgan fingerprint density at radius 2 is 1.33 bits per heavy atom. The Balaban J connectivity index is 2.01. The zero-order chi connectivity index (χ0) is 8.55. The zero-order valence-corrected chi connectivity index (χ0v) is 7.95. The molecule has 0 bridgehead atoms. The predicted octanol–water partition coefficient (Wildman–Crippen LogP) is 1.84. The van der Waals surface area contributed by atoms with Crippen LogP contribution in [-0.2, 0) is 9.47 Å². The van der Waals surface area contributed by atoms with Crippen LogP contribution >= 0.6 is 0 Å². The van der Waals surface area contributed by atoms with Gasteiger partial charge in [-0.15, -0.1) is 0 Å². The van der Waals surface area contributed by atoms with E-state index in [1.54, 1.807) is 0 Å². The molecule has 0 aromatic heterocycles. The van der Waals surface area contributed by atoms with Crippen LogP contribution in [0.2, 0.25) is 0 Å². The summed E-state index contributed by atoms with van der Waals surface area (Å²) in [5.74, 6) is 1.32. The van der Waals surface area contributed by atoms with Crippen LogP contribution in [0.4, 0.5) is 0 Å². The lowest BCUT2D eigenvalue weighted by Gasteiger charge is -2.14. The summed E-state index contributed by atoms with van der Waals surface area (Å²) in [7, 11) is 0. The smallest absolute Gasteiger partial charge is 0.0890 e. The second kappa shape index (κ2) is 3.35. The first kappa shape index (κ1) is 8.52. The summed E-state index contributed by atoms with van der Waals surface area (Å²) in [5, 5.41) is 0. The van der Waals surface area contributed by atoms with Crippen LogP contribution in [0.3, 0.4) is 0 Å². The van der Waals surface area contributed by atoms with Gasteiger partial charge in [-0.3, -0.25) is 0 Å². The Morgan fingerprint density at radius 1 is 0.917 bits per heavy atom. The molecule has 0 spiro atoms. The van der Waals surface area contributed by atoms with Crippen molar-refractivity contribution in [3.8, 4) is 0 Å². The van der Waals surface area contributed by atoms with Gasteiger partial charge in [0, 0.05) is 11.8 Å². The van der Waals surface area contributed by atoms with Crippen molar-refractivity contribution in [2.75, 3.05) is 13.2 Å². The SMILES string of the molecule is CCC1COC2C(CC)COC12. The molecule has 4 unspecified atom stereocenters. The third-order valence-corrected chi connectivity index (χ3v) is 3.31. The Kier molecular flexibility index (Phi) is 2.37. The minimum Gasteiger partial charge on any atom is -0.375 e. The van der Waals surface area contributed by atoms with E-state index >= 15 is 0 Å². The van der Waals surface area contributed by atoms with Gasteiger partial charge in [0.05, 0.1) is 25.4 Å². The fraction of sp³-hybridized carbons (Fsp3) is 1.00. The quantitative estimate of drug-likeness (QED) is 0.629. The first-order valence-electron chi connectivity index (χ1n) is 5.10. The van der Waals surface area contributed by atoms with E-state index in [0.29, 0.717) is 24.0 Å². The van der Waals surface area contributed by atoms with Gasteiger partial charge >= 0.3 is 0 Å². The minimum absolute atomic E-state index is 0.417. The maximum Gasteiger partial charge on any atom is 0.0890 e. The van der Waals surface area contributed by atoms with E-state index in [2.05, 4.69) is 13.8 Å². The maximum atomic E-state index is 5.76. The van der Waals surface area contributed by atoms with Gasteiger partial charge in [-0.05, 0) is 12.8 Å². The van der Waals surface area contributed by atoms with E-state index in [9.17, 15) is 0 Å². The average molecular weight is 170 g/mol. The van der Waals surface area contributed by atoms with Gasteiger partial charge < -0.3 is 9.47 Å². The average Bonchev–Trinajstić information content (AvgIpc) is 2.62. The summed E-state index contributed by atoms with van der Waals surface area (Å²) in [6.07, 6.45) is 3.22. The highest BCUT2D eigenvalue weighted by Crippen LogP contribution is 2.36. The zero-order valence-electron chi connectivity index (χ0n) is 7.95. The predicted molar refractivity (Wildman–Crippen MR) is 47.0 cm³/mol. The van der Waals surface area contributed by atoms with Crippen LogP contribution in [0.15, 0.2) is 0 Å². The molecule has 0 radical (unpaired) electrons. The molecule has 2 saturated heterocycles. The molecule has 2 aliphatic rings. The molecule has 12 heavy (non-hydrogen) atoms. The number of hydrogen-bond donors (Lipinski definition) is 0. The van der Waals surface area contributed by atoms with Crippen molar-refractivity contribution in [3.05, 3.63) is 0 Å². The van der Waals surface area contributed by atoms with Crippen molar-refractivity contribution < 1.29 is 9.47 Å². The van der Waals surface area contributed by atoms with Gasteiger partial charge in [0.1, 0.15) is 0 Å². The van der Waals surface area contributed by atoms with E-state index in [1.165, 1.54) is 12.8 Å². The summed E-state index contributed by atoms with van der Waals surface area (Å²) < 4.78 is 11.5. The van der Waals surface area contributed by atoms with Gasteiger partial charge in [-0.25, -0.2) is 0 Å². The molecule has 0 amide bonds. The fourth-order valence-electron chi connectivity index (χ4n) is 2.36. The molecule has 2 heteroatoms. The molecule has 2 nitrogen and oxygen atoms in total. The maximum absolute atomic E-state index is 5.76. The molecule has 4 atom stereocenters. The molecule has 0 N–H and O–H groups in total. The molecule has 0 saturated carbocycles. The Bertz CT molecular complexity index is 140. The van der Waals surface area contributed by atoms with E-state index in [0.717, 1.165) is 13.2 Å². The van der Waals surface area contributed by atoms with Crippen molar-refractivity contribution in [2.45, 2.75) is 38.9 Å². The highest BCUT2D eigenvalue weighted by atomic mass is 16.6. The van der Waals surface area contributed by atoms with Crippen LogP contribution in [0, 0.1) is 11.8 Å². The van der Waals surface area contributed by atoms with Gasteiger partial charge in [-0.1, -0.05) is 13.8 Å². The molecular weight excluding hydrogens is 152 g/mol. The van der Waals surface area contributed by atoms with Crippen LogP contribution in [0.1, 0.15) is 26.7 Å². The standard InChI is InChI=1S/C10H18O2/c1-3-7-5-11-10-8(4-2)6-12-9(7)10/h7-10H,3-6H2,1-2H3. The van der Waals surface area contributed by atoms with E-state index in [1.807, 2.05) is 0 Å². The molecule has 2 rings (SSSR count). The number of hydrogen-bond acceptors (Lipinski definition) is 2. The largest absolute Gasteiger partial charge is 0.375 e. The van der Waals surface area contributed by atoms with Crippen LogP contribution < -0.4 is 0 Å². The minimum atomic E-state index is 0.417. The van der Waals surface area contributed by atoms with Crippen molar-refractivity contribution in [1.82, 2.24) is 0 Å². The Hall–Kier alpha value is -0.0800. The number of ether oxygens (including phenoxy) is 2. The molecule has 0 aromatic rings. The monoisotopic (exact) mass is 170 g/mol. The third-order valence-electron chi connectivity index (χ3n) is 3.31. The fourth-order valence-corrected chi connectivity index (χ4v) is 2.36. The second-order valence-electron chi connectivity index (χ2n) is 3.93. The summed E-state index contributed by atoms with van der Waals surface area (Å²) in [5.41, 5.74) is 0. The summed E-state index contributed by atoms with van der Waals surface area (Å²) in [4.78, 5) is 0. The van der Waals surface area contributed by atoms with Gasteiger partial charge in [0.15, 0.2) is 0 Å². The normalized spacial score (nSPS) is 46.5. The molecule has 2 aliphatic heterocycles. The lowest BCUT2D eigenvalue weighted by molar-refractivity contribution is 0.0599. The van der Waals surface area contributed by atoms with E-state index in [4.69, 9.17) is 9.47 Å². The first-order valence-corrected chi connectivity index (χ1v) is 5.10. The molecule has 2 fully saturated rings. The molecular formula is C10H18O2. The lowest BCUT2D eigenvalue weighted by Crippen LogP contribution is -2.25. The van der Waals surface area contributed by atoms with Gasteiger partial charge in [-0.2, -0.15) is 0 Å². The van der Waals surface area contributed by atoms with Gasteiger partial charge in [0.2, 0.25) is 0 Å². The Morgan fingerprint density at radius 3 is 1.67 bits per heavy atom. The number of fused-ring (bicyclic) bond motifs is 1. The van der Waals surface area contributed by atoms with Crippen molar-refractivity contribution in [3.63, 3.8) is 0 Å². The van der Waals surface area contributed by atoms with E-state index < -0.39 is 0 Å². The lowest BCUT2D eigenvalue weighted by atomic mass is 9.93. The summed E-state index contributed by atoms with van der Waals surface area (Å²) in [6, 6.07) is 0. The van der Waals surface area contributed by atoms with Crippen molar-refractivity contribution in [1.29, 1.82) is 0 Å². The molecule has 0 aliphatic carbocycles. The first-order chi connectivity index (χ1) is 5.86. The summed E-state index contributed by atoms with van der Waals surface area (Å²) >= 11 is 0. The Labute approximate surface area is 74.2 Å². The van der Waals surface area contributed by atoms with Gasteiger partial charge in [0.25, 0.3) is 0 Å². The molecule has 2 heterocycles. The molecule has 0 aromatic carbocycles. The highest BCUT2D eigenvalue weighted by Gasteiger charge is 2.45. The second-order valence-corrected chi connectivity index (χ2v) is 3.93. The summed E-state index contributed by atoms with van der Waals surface area (Å²) in [6.45, 7) is 6.28. The third kappa shape index (κ3) is 1.17. The van der Waals surface area contributed by atoms with Crippen molar-refractivity contribution in [2.24, 2.45) is 11.8 Å². The molecule has 70 valence electrons. The van der Waals surface area contributed by atoms with Crippen molar-refractivity contribution >= 4 is 0 Å². The van der Waals surface area contributed by atoms with E-state index in [-0.39, 0.29) is 0 Å². The van der Waals surface area contributed by atoms with Crippen LogP contribution in [0.25, 0.3) is 0 Å². The number of rotatable bonds is 2.